The smallest absolute Gasteiger partial charge is 0.407 e. The maximum Gasteiger partial charge on any atom is 0.407 e. The lowest BCUT2D eigenvalue weighted by atomic mass is 9.72. The Morgan fingerprint density at radius 3 is 1.32 bits per heavy atom. The van der Waals surface area contributed by atoms with Crippen LogP contribution >= 0.6 is 0 Å². The first kappa shape index (κ1) is 79.0. The molecule has 7 aromatic rings. The summed E-state index contributed by atoms with van der Waals surface area (Å²) in [6.07, 6.45) is 17.8. The number of fused-ring (bicyclic) bond motifs is 4. The van der Waals surface area contributed by atoms with E-state index in [1.807, 2.05) is 170 Å². The SMILES string of the molecule is CCCCC[C@@H](CC[C@H]1[C@H](CNC(=O)OCc2ccccc2)C[C@@H]2Cc3c(cccc3OCC(=O)OCc3ccccc3)C[C@@H]21)CNC(=O)OCc1ccccc1.CCCCC[C@H](O)CC[C@@H]1[C@H]2Cc3cccc(OCC(=O)OCc4ccccc4)c3C[C@H]2C[C@H]1C.CNC(=O)OCc1ccccc1. The highest BCUT2D eigenvalue weighted by atomic mass is 16.6. The fourth-order valence-electron chi connectivity index (χ4n) is 15.9. The van der Waals surface area contributed by atoms with Gasteiger partial charge in [-0.25, -0.2) is 24.0 Å². The Morgan fingerprint density at radius 1 is 0.442 bits per heavy atom. The van der Waals surface area contributed by atoms with Crippen molar-refractivity contribution in [3.63, 3.8) is 0 Å². The second-order valence-corrected chi connectivity index (χ2v) is 28.7. The molecule has 0 aliphatic heterocycles. The number of amides is 3. The average molecular weight is 1420 g/mol. The normalized spacial score (nSPS) is 19.3. The third-order valence-electron chi connectivity index (χ3n) is 21.4. The van der Waals surface area contributed by atoms with Crippen LogP contribution in [0.3, 0.4) is 0 Å². The van der Waals surface area contributed by atoms with Crippen molar-refractivity contribution in [3.05, 3.63) is 238 Å². The second kappa shape index (κ2) is 43.2. The van der Waals surface area contributed by atoms with Crippen LogP contribution in [0.5, 0.6) is 11.5 Å². The monoisotopic (exact) mass is 1420 g/mol. The van der Waals surface area contributed by atoms with Gasteiger partial charge in [0.25, 0.3) is 0 Å². The zero-order chi connectivity index (χ0) is 73.1. The Labute approximate surface area is 617 Å². The minimum absolute atomic E-state index is 0.0632. The first-order valence-corrected chi connectivity index (χ1v) is 38.1. The predicted octanol–water partition coefficient (Wildman–Crippen LogP) is 17.7. The van der Waals surface area contributed by atoms with Crippen LogP contribution in [0.25, 0.3) is 0 Å². The quantitative estimate of drug-likeness (QED) is 0.0168. The van der Waals surface area contributed by atoms with Crippen LogP contribution in [0.1, 0.15) is 161 Å². The summed E-state index contributed by atoms with van der Waals surface area (Å²) in [5.74, 6) is 5.39. The van der Waals surface area contributed by atoms with Gasteiger partial charge >= 0.3 is 30.2 Å². The first-order valence-electron chi connectivity index (χ1n) is 38.1. The molecule has 7 aromatic carbocycles. The van der Waals surface area contributed by atoms with Crippen molar-refractivity contribution in [2.75, 3.05) is 33.4 Å². The number of hydrogen-bond donors (Lipinski definition) is 4. The lowest BCUT2D eigenvalue weighted by Crippen LogP contribution is -2.34. The van der Waals surface area contributed by atoms with E-state index in [-0.39, 0.29) is 63.7 Å². The fraction of sp³-hybridized carbons (Fsp3) is 0.466. The molecule has 556 valence electrons. The molecular weight excluding hydrogens is 1310 g/mol. The van der Waals surface area contributed by atoms with Crippen LogP contribution in [0.2, 0.25) is 0 Å². The molecule has 4 aliphatic rings. The summed E-state index contributed by atoms with van der Waals surface area (Å²) in [7, 11) is 1.54. The number of ether oxygens (including phenoxy) is 7. The lowest BCUT2D eigenvalue weighted by molar-refractivity contribution is -0.148. The van der Waals surface area contributed by atoms with Crippen molar-refractivity contribution in [3.8, 4) is 11.5 Å². The fourth-order valence-corrected chi connectivity index (χ4v) is 15.9. The summed E-state index contributed by atoms with van der Waals surface area (Å²) < 4.78 is 38.9. The molecule has 104 heavy (non-hydrogen) atoms. The molecule has 11 rings (SSSR count). The largest absolute Gasteiger partial charge is 0.482 e. The Kier molecular flexibility index (Phi) is 32.8. The van der Waals surface area contributed by atoms with Gasteiger partial charge in [0.1, 0.15) is 44.5 Å². The Bertz CT molecular complexity index is 3680. The molecular formula is C88H111N3O13. The number of rotatable bonds is 34. The van der Waals surface area contributed by atoms with E-state index in [4.69, 9.17) is 33.2 Å². The number of aliphatic hydroxyl groups excluding tert-OH is 1. The van der Waals surface area contributed by atoms with Crippen molar-refractivity contribution >= 4 is 30.2 Å². The van der Waals surface area contributed by atoms with E-state index in [1.165, 1.54) is 48.6 Å². The summed E-state index contributed by atoms with van der Waals surface area (Å²) in [6.45, 7) is 9.00. The summed E-state index contributed by atoms with van der Waals surface area (Å²) in [5, 5.41) is 19.0. The van der Waals surface area contributed by atoms with Crippen molar-refractivity contribution in [1.82, 2.24) is 16.0 Å². The van der Waals surface area contributed by atoms with Gasteiger partial charge < -0.3 is 54.2 Å². The number of alkyl carbamates (subject to hydrolysis) is 3. The minimum atomic E-state index is -0.404. The van der Waals surface area contributed by atoms with E-state index in [0.29, 0.717) is 67.0 Å². The van der Waals surface area contributed by atoms with Crippen molar-refractivity contribution < 1.29 is 62.2 Å². The van der Waals surface area contributed by atoms with E-state index in [0.717, 1.165) is 136 Å². The van der Waals surface area contributed by atoms with Gasteiger partial charge in [0.05, 0.1) is 6.10 Å². The maximum atomic E-state index is 12.9. The molecule has 3 amide bonds. The summed E-state index contributed by atoms with van der Waals surface area (Å²) in [5.41, 5.74) is 9.87. The lowest BCUT2D eigenvalue weighted by Gasteiger charge is -2.33. The molecule has 0 unspecified atom stereocenters. The van der Waals surface area contributed by atoms with Crippen molar-refractivity contribution in [1.29, 1.82) is 0 Å². The van der Waals surface area contributed by atoms with Crippen LogP contribution < -0.4 is 25.4 Å². The number of carbonyl (C=O) groups excluding carboxylic acids is 5. The molecule has 2 fully saturated rings. The van der Waals surface area contributed by atoms with E-state index in [2.05, 4.69) is 54.9 Å². The molecule has 16 nitrogen and oxygen atoms in total. The van der Waals surface area contributed by atoms with Crippen LogP contribution in [0, 0.1) is 53.3 Å². The number of aliphatic hydroxyl groups is 1. The highest BCUT2D eigenvalue weighted by Crippen LogP contribution is 2.53. The Hall–Kier alpha value is -9.15. The molecule has 4 N–H and O–H groups in total. The molecule has 0 heterocycles. The van der Waals surface area contributed by atoms with Crippen LogP contribution in [0.4, 0.5) is 14.4 Å². The molecule has 0 spiro atoms. The van der Waals surface area contributed by atoms with Crippen molar-refractivity contribution in [2.24, 2.45) is 53.3 Å². The van der Waals surface area contributed by atoms with E-state index < -0.39 is 18.2 Å². The molecule has 4 aliphatic carbocycles. The number of unbranched alkanes of at least 4 members (excludes halogenated alkanes) is 4. The maximum absolute atomic E-state index is 12.9. The van der Waals surface area contributed by atoms with E-state index in [9.17, 15) is 29.1 Å². The molecule has 0 bridgehead atoms. The Morgan fingerprint density at radius 2 is 0.856 bits per heavy atom. The predicted molar refractivity (Wildman–Crippen MR) is 405 cm³/mol. The molecule has 0 saturated heterocycles. The van der Waals surface area contributed by atoms with Crippen LogP contribution in [-0.4, -0.2) is 74.8 Å². The van der Waals surface area contributed by atoms with Crippen LogP contribution in [0.15, 0.2) is 188 Å². The van der Waals surface area contributed by atoms with E-state index in [1.54, 1.807) is 0 Å². The molecule has 0 radical (unpaired) electrons. The van der Waals surface area contributed by atoms with Gasteiger partial charge in [0.2, 0.25) is 0 Å². The summed E-state index contributed by atoms with van der Waals surface area (Å²) in [4.78, 5) is 61.2. The Balaban J connectivity index is 0.000000224. The first-order chi connectivity index (χ1) is 50.8. The van der Waals surface area contributed by atoms with E-state index >= 15 is 0 Å². The number of esters is 2. The topological polar surface area (TPSA) is 206 Å². The highest BCUT2D eigenvalue weighted by molar-refractivity contribution is 5.72. The number of carbonyl (C=O) groups is 5. The number of hydrogen-bond acceptors (Lipinski definition) is 13. The standard InChI is InChI=1S/C48H58N2O7.C31H42O4.C9H11NO2/c1-2-3-7-15-35(29-49-47(52)56-32-37-18-10-5-11-19-37)24-25-42-41(30-50-48(53)57-33-38-20-12-6-13-21-38)26-40-28-44-39(27-43(40)42)22-14-23-45(44)54-34-46(51)55-31-36-16-8-4-9-17-36;1-3-4-6-13-26(32)15-16-27-22(2)17-25-19-29-24(18-28(25)27)12-9-14-30(29)34-21-31(33)35-20-23-10-7-5-8-11-23;1-10-9(11)12-7-8-5-3-2-4-6-8/h4-6,8-14,16-23,35,40-43H,2-3,7,15,24-34H2,1H3,(H,49,52)(H,50,53);5,7-12,14,22,25-28,32H,3-4,6,13,15-21H2,1-2H3;2-6H,7H2,1H3,(H,10,11)/t35-,40+,41-,42-,43-;22-,25-,26+,27+,28+;/m01./s1. The molecule has 0 aromatic heterocycles. The van der Waals surface area contributed by atoms with Gasteiger partial charge in [-0.2, -0.15) is 0 Å². The minimum Gasteiger partial charge on any atom is -0.482 e. The zero-order valence-corrected chi connectivity index (χ0v) is 61.6. The van der Waals surface area contributed by atoms with Gasteiger partial charge in [-0.1, -0.05) is 235 Å². The average Bonchev–Trinajstić information content (AvgIpc) is 1.58. The molecule has 10 atom stereocenters. The van der Waals surface area contributed by atoms with Gasteiger partial charge in [0, 0.05) is 20.1 Å². The van der Waals surface area contributed by atoms with Crippen LogP contribution in [-0.2, 0) is 92.0 Å². The zero-order valence-electron chi connectivity index (χ0n) is 61.6. The number of benzene rings is 7. The molecule has 2 saturated carbocycles. The third kappa shape index (κ3) is 25.9. The second-order valence-electron chi connectivity index (χ2n) is 28.7. The number of nitrogens with one attached hydrogen (secondary N) is 3. The molecule has 16 heteroatoms. The summed E-state index contributed by atoms with van der Waals surface area (Å²) >= 11 is 0. The van der Waals surface area contributed by atoms with Gasteiger partial charge in [-0.05, 0) is 193 Å². The summed E-state index contributed by atoms with van der Waals surface area (Å²) in [6, 6.07) is 60.8. The third-order valence-corrected chi connectivity index (χ3v) is 21.4. The van der Waals surface area contributed by atoms with Gasteiger partial charge in [0.15, 0.2) is 13.2 Å². The van der Waals surface area contributed by atoms with Gasteiger partial charge in [-0.15, -0.1) is 0 Å². The highest BCUT2D eigenvalue weighted by Gasteiger charge is 2.46. The van der Waals surface area contributed by atoms with Crippen molar-refractivity contribution in [2.45, 2.75) is 175 Å². The van der Waals surface area contributed by atoms with Gasteiger partial charge in [-0.3, -0.25) is 0 Å².